The van der Waals surface area contributed by atoms with Crippen molar-refractivity contribution in [1.29, 1.82) is 0 Å². The van der Waals surface area contributed by atoms with Crippen LogP contribution in [-0.4, -0.2) is 23.5 Å². The summed E-state index contributed by atoms with van der Waals surface area (Å²) >= 11 is 0. The Hall–Kier alpha value is -2.10. The molecule has 1 aromatic carbocycles. The van der Waals surface area contributed by atoms with Gasteiger partial charge in [0, 0.05) is 24.2 Å². The third-order valence-corrected chi connectivity index (χ3v) is 3.11. The summed E-state index contributed by atoms with van der Waals surface area (Å²) < 4.78 is 0. The summed E-state index contributed by atoms with van der Waals surface area (Å²) in [6, 6.07) is 7.74. The van der Waals surface area contributed by atoms with Crippen molar-refractivity contribution in [2.45, 2.75) is 19.8 Å². The molecule has 0 bridgehead atoms. The fourth-order valence-corrected chi connectivity index (χ4v) is 2.01. The minimum Gasteiger partial charge on any atom is -0.478 e. The lowest BCUT2D eigenvalue weighted by Gasteiger charge is -2.28. The second-order valence-electron chi connectivity index (χ2n) is 4.33. The highest BCUT2D eigenvalue weighted by Gasteiger charge is 2.22. The molecule has 1 aromatic rings. The van der Waals surface area contributed by atoms with E-state index in [9.17, 15) is 9.59 Å². The molecule has 1 aliphatic rings. The highest BCUT2D eigenvalue weighted by atomic mass is 16.4. The van der Waals surface area contributed by atoms with E-state index in [4.69, 9.17) is 5.11 Å². The van der Waals surface area contributed by atoms with Gasteiger partial charge in [-0.25, -0.2) is 4.79 Å². The molecule has 0 aliphatic carbocycles. The normalized spacial score (nSPS) is 15.5. The summed E-state index contributed by atoms with van der Waals surface area (Å²) in [6.45, 7) is 1.84. The minimum absolute atomic E-state index is 0.0446. The number of amides is 1. The zero-order chi connectivity index (χ0) is 13.1. The lowest BCUT2D eigenvalue weighted by atomic mass is 10.0. The van der Waals surface area contributed by atoms with Crippen molar-refractivity contribution in [3.8, 4) is 0 Å². The average Bonchev–Trinajstić information content (AvgIpc) is 2.37. The predicted octanol–water partition coefficient (Wildman–Crippen LogP) is 2.00. The van der Waals surface area contributed by atoms with Crippen molar-refractivity contribution in [2.75, 3.05) is 11.4 Å². The number of carboxylic acid groups (broad SMARTS) is 1. The maximum atomic E-state index is 11.9. The molecule has 94 valence electrons. The van der Waals surface area contributed by atoms with Gasteiger partial charge in [0.2, 0.25) is 5.91 Å². The molecule has 0 saturated heterocycles. The van der Waals surface area contributed by atoms with E-state index in [1.807, 2.05) is 24.3 Å². The third-order valence-electron chi connectivity index (χ3n) is 3.11. The van der Waals surface area contributed by atoms with E-state index >= 15 is 0 Å². The summed E-state index contributed by atoms with van der Waals surface area (Å²) in [6.07, 6.45) is 2.81. The molecule has 0 saturated carbocycles. The zero-order valence-corrected chi connectivity index (χ0v) is 10.2. The number of aliphatic carboxylic acids is 1. The summed E-state index contributed by atoms with van der Waals surface area (Å²) in [7, 11) is 0. The van der Waals surface area contributed by atoms with Crippen LogP contribution in [0.25, 0.3) is 0 Å². The number of hydrogen-bond acceptors (Lipinski definition) is 2. The lowest BCUT2D eigenvalue weighted by molar-refractivity contribution is -0.132. The Morgan fingerprint density at radius 2 is 2.11 bits per heavy atom. The number of para-hydroxylation sites is 1. The van der Waals surface area contributed by atoms with Gasteiger partial charge in [-0.1, -0.05) is 24.3 Å². The number of aryl methyl sites for hydroxylation is 1. The highest BCUT2D eigenvalue weighted by molar-refractivity contribution is 5.97. The van der Waals surface area contributed by atoms with Crippen LogP contribution >= 0.6 is 0 Å². The number of nitrogens with zero attached hydrogens (tertiary/aromatic N) is 1. The smallest absolute Gasteiger partial charge is 0.331 e. The van der Waals surface area contributed by atoms with Crippen LogP contribution in [0.3, 0.4) is 0 Å². The molecule has 1 aliphatic heterocycles. The number of carbonyl (C=O) groups is 2. The Kier molecular flexibility index (Phi) is 3.46. The van der Waals surface area contributed by atoms with Gasteiger partial charge in [0.15, 0.2) is 0 Å². The molecule has 18 heavy (non-hydrogen) atoms. The topological polar surface area (TPSA) is 57.6 Å². The predicted molar refractivity (Wildman–Crippen MR) is 68.5 cm³/mol. The Bertz CT molecular complexity index is 520. The third kappa shape index (κ3) is 2.42. The number of rotatable bonds is 3. The average molecular weight is 245 g/mol. The first kappa shape index (κ1) is 12.4. The molecule has 0 atom stereocenters. The monoisotopic (exact) mass is 245 g/mol. The van der Waals surface area contributed by atoms with E-state index in [0.717, 1.165) is 17.7 Å². The Morgan fingerprint density at radius 1 is 1.39 bits per heavy atom. The first-order chi connectivity index (χ1) is 8.59. The minimum atomic E-state index is -0.951. The van der Waals surface area contributed by atoms with Crippen molar-refractivity contribution in [3.05, 3.63) is 41.5 Å². The number of carbonyl (C=O) groups excluding carboxylic acids is 1. The van der Waals surface area contributed by atoms with Crippen molar-refractivity contribution < 1.29 is 14.7 Å². The van der Waals surface area contributed by atoms with Crippen LogP contribution in [0, 0.1) is 0 Å². The molecule has 0 unspecified atom stereocenters. The van der Waals surface area contributed by atoms with E-state index < -0.39 is 5.97 Å². The number of hydrogen-bond donors (Lipinski definition) is 1. The van der Waals surface area contributed by atoms with Crippen LogP contribution in [0.2, 0.25) is 0 Å². The molecule has 1 N–H and O–H groups in total. The first-order valence-corrected chi connectivity index (χ1v) is 5.88. The Labute approximate surface area is 106 Å². The lowest BCUT2D eigenvalue weighted by Crippen LogP contribution is -2.35. The Morgan fingerprint density at radius 3 is 2.83 bits per heavy atom. The second-order valence-corrected chi connectivity index (χ2v) is 4.33. The maximum absolute atomic E-state index is 11.9. The van der Waals surface area contributed by atoms with Crippen LogP contribution in [0.1, 0.15) is 18.9 Å². The van der Waals surface area contributed by atoms with Crippen molar-refractivity contribution >= 4 is 17.6 Å². The van der Waals surface area contributed by atoms with E-state index in [1.54, 1.807) is 11.0 Å². The highest BCUT2D eigenvalue weighted by Crippen LogP contribution is 2.27. The standard InChI is InChI=1S/C14H15NO3/c1-10(14(17)18)8-9-15-12-5-3-2-4-11(12)6-7-13(15)16/h2-5,8H,6-7,9H2,1H3,(H,17,18). The molecule has 4 nitrogen and oxygen atoms in total. The van der Waals surface area contributed by atoms with Crippen LogP contribution in [-0.2, 0) is 16.0 Å². The van der Waals surface area contributed by atoms with Gasteiger partial charge in [-0.05, 0) is 25.0 Å². The number of carboxylic acids is 1. The molecule has 0 aromatic heterocycles. The van der Waals surface area contributed by atoms with Gasteiger partial charge >= 0.3 is 5.97 Å². The van der Waals surface area contributed by atoms with Gasteiger partial charge in [-0.2, -0.15) is 0 Å². The van der Waals surface area contributed by atoms with Gasteiger partial charge in [0.25, 0.3) is 0 Å². The van der Waals surface area contributed by atoms with Gasteiger partial charge < -0.3 is 10.0 Å². The van der Waals surface area contributed by atoms with E-state index in [2.05, 4.69) is 0 Å². The molecule has 4 heteroatoms. The van der Waals surface area contributed by atoms with Crippen LogP contribution in [0.4, 0.5) is 5.69 Å². The molecular formula is C14H15NO3. The summed E-state index contributed by atoms with van der Waals surface area (Å²) in [5.74, 6) is -0.907. The van der Waals surface area contributed by atoms with Crippen molar-refractivity contribution in [2.24, 2.45) is 0 Å². The van der Waals surface area contributed by atoms with Crippen LogP contribution in [0.15, 0.2) is 35.9 Å². The number of fused-ring (bicyclic) bond motifs is 1. The molecule has 0 spiro atoms. The summed E-state index contributed by atoms with van der Waals surface area (Å²) in [5, 5.41) is 8.80. The van der Waals surface area contributed by atoms with E-state index in [0.29, 0.717) is 13.0 Å². The summed E-state index contributed by atoms with van der Waals surface area (Å²) in [4.78, 5) is 24.3. The number of benzene rings is 1. The van der Waals surface area contributed by atoms with Crippen LogP contribution < -0.4 is 4.90 Å². The van der Waals surface area contributed by atoms with E-state index in [-0.39, 0.29) is 11.5 Å². The van der Waals surface area contributed by atoms with Gasteiger partial charge in [-0.15, -0.1) is 0 Å². The molecule has 2 rings (SSSR count). The van der Waals surface area contributed by atoms with Crippen LogP contribution in [0.5, 0.6) is 0 Å². The molecule has 1 heterocycles. The largest absolute Gasteiger partial charge is 0.478 e. The zero-order valence-electron chi connectivity index (χ0n) is 10.2. The Balaban J connectivity index is 2.25. The van der Waals surface area contributed by atoms with Gasteiger partial charge in [-0.3, -0.25) is 4.79 Å². The van der Waals surface area contributed by atoms with E-state index in [1.165, 1.54) is 6.92 Å². The molecule has 1 amide bonds. The maximum Gasteiger partial charge on any atom is 0.331 e. The fourth-order valence-electron chi connectivity index (χ4n) is 2.01. The van der Waals surface area contributed by atoms with Gasteiger partial charge in [0.05, 0.1) is 0 Å². The SMILES string of the molecule is CC(=CCN1C(=O)CCc2ccccc21)C(=O)O. The van der Waals surface area contributed by atoms with Crippen molar-refractivity contribution in [1.82, 2.24) is 0 Å². The molecular weight excluding hydrogens is 230 g/mol. The molecule has 0 fully saturated rings. The summed E-state index contributed by atoms with van der Waals surface area (Å²) in [5.41, 5.74) is 2.28. The second kappa shape index (κ2) is 5.04. The molecule has 0 radical (unpaired) electrons. The number of anilines is 1. The van der Waals surface area contributed by atoms with Crippen molar-refractivity contribution in [3.63, 3.8) is 0 Å². The van der Waals surface area contributed by atoms with Gasteiger partial charge in [0.1, 0.15) is 0 Å². The quantitative estimate of drug-likeness (QED) is 0.828. The first-order valence-electron chi connectivity index (χ1n) is 5.88. The fraction of sp³-hybridized carbons (Fsp3) is 0.286.